The maximum Gasteiger partial charge on any atom is 0.414 e. The molecule has 28 heavy (non-hydrogen) atoms. The SMILES string of the molecule is CC1CN(C)c2ccccc2CN1C(=O)Nc1ccc(N2CCOC2=O)cc1. The Morgan fingerprint density at radius 2 is 1.89 bits per heavy atom. The Kier molecular flexibility index (Phi) is 4.81. The van der Waals surface area contributed by atoms with Crippen LogP contribution in [0.2, 0.25) is 0 Å². The van der Waals surface area contributed by atoms with E-state index in [9.17, 15) is 9.59 Å². The predicted octanol–water partition coefficient (Wildman–Crippen LogP) is 3.52. The van der Waals surface area contributed by atoms with Crippen LogP contribution in [0, 0.1) is 0 Å². The zero-order valence-corrected chi connectivity index (χ0v) is 16.1. The van der Waals surface area contributed by atoms with Crippen LogP contribution in [0.15, 0.2) is 48.5 Å². The Balaban J connectivity index is 1.48. The Hall–Kier alpha value is -3.22. The molecular formula is C21H24N4O3. The largest absolute Gasteiger partial charge is 0.447 e. The van der Waals surface area contributed by atoms with Crippen molar-refractivity contribution in [1.29, 1.82) is 0 Å². The number of nitrogens with zero attached hydrogens (tertiary/aromatic N) is 3. The van der Waals surface area contributed by atoms with Crippen molar-refractivity contribution < 1.29 is 14.3 Å². The lowest BCUT2D eigenvalue weighted by molar-refractivity contribution is 0.181. The number of hydrogen-bond donors (Lipinski definition) is 1. The molecule has 0 aromatic heterocycles. The fourth-order valence-electron chi connectivity index (χ4n) is 3.77. The number of carbonyl (C=O) groups excluding carboxylic acids is 2. The van der Waals surface area contributed by atoms with Crippen LogP contribution in [-0.4, -0.2) is 49.8 Å². The van der Waals surface area contributed by atoms with Gasteiger partial charge in [0.25, 0.3) is 0 Å². The number of benzene rings is 2. The first kappa shape index (κ1) is 18.2. The number of likely N-dealkylation sites (N-methyl/N-ethyl adjacent to an activating group) is 1. The summed E-state index contributed by atoms with van der Waals surface area (Å²) in [4.78, 5) is 30.2. The highest BCUT2D eigenvalue weighted by Gasteiger charge is 2.27. The van der Waals surface area contributed by atoms with Crippen molar-refractivity contribution in [2.45, 2.75) is 19.5 Å². The second-order valence-electron chi connectivity index (χ2n) is 7.23. The fraction of sp³-hybridized carbons (Fsp3) is 0.333. The number of nitrogens with one attached hydrogen (secondary N) is 1. The van der Waals surface area contributed by atoms with Crippen LogP contribution in [0.1, 0.15) is 12.5 Å². The van der Waals surface area contributed by atoms with E-state index in [2.05, 4.69) is 36.3 Å². The average molecular weight is 380 g/mol. The number of rotatable bonds is 2. The molecule has 2 aromatic carbocycles. The van der Waals surface area contributed by atoms with E-state index in [1.54, 1.807) is 17.0 Å². The van der Waals surface area contributed by atoms with Crippen LogP contribution in [0.5, 0.6) is 0 Å². The predicted molar refractivity (Wildman–Crippen MR) is 109 cm³/mol. The van der Waals surface area contributed by atoms with Gasteiger partial charge in [-0.15, -0.1) is 0 Å². The van der Waals surface area contributed by atoms with Gasteiger partial charge in [-0.05, 0) is 42.8 Å². The van der Waals surface area contributed by atoms with Crippen molar-refractivity contribution in [3.63, 3.8) is 0 Å². The minimum Gasteiger partial charge on any atom is -0.447 e. The van der Waals surface area contributed by atoms with Crippen molar-refractivity contribution in [3.8, 4) is 0 Å². The molecule has 1 N–H and O–H groups in total. The quantitative estimate of drug-likeness (QED) is 0.866. The number of anilines is 3. The zero-order valence-electron chi connectivity index (χ0n) is 16.1. The van der Waals surface area contributed by atoms with Gasteiger partial charge in [0.2, 0.25) is 0 Å². The topological polar surface area (TPSA) is 65.1 Å². The zero-order chi connectivity index (χ0) is 19.7. The molecule has 1 saturated heterocycles. The summed E-state index contributed by atoms with van der Waals surface area (Å²) in [7, 11) is 2.05. The summed E-state index contributed by atoms with van der Waals surface area (Å²) >= 11 is 0. The molecule has 4 rings (SSSR count). The van der Waals surface area contributed by atoms with Gasteiger partial charge in [0.15, 0.2) is 0 Å². The molecule has 0 spiro atoms. The summed E-state index contributed by atoms with van der Waals surface area (Å²) in [5, 5.41) is 2.98. The smallest absolute Gasteiger partial charge is 0.414 e. The van der Waals surface area contributed by atoms with E-state index in [-0.39, 0.29) is 18.2 Å². The molecule has 7 heteroatoms. The summed E-state index contributed by atoms with van der Waals surface area (Å²) in [6, 6.07) is 15.4. The van der Waals surface area contributed by atoms with Crippen molar-refractivity contribution in [2.75, 3.05) is 41.9 Å². The summed E-state index contributed by atoms with van der Waals surface area (Å²) < 4.78 is 4.96. The van der Waals surface area contributed by atoms with E-state index >= 15 is 0 Å². The summed E-state index contributed by atoms with van der Waals surface area (Å²) in [5.41, 5.74) is 3.75. The molecule has 2 aliphatic heterocycles. The number of cyclic esters (lactones) is 1. The van der Waals surface area contributed by atoms with Gasteiger partial charge in [-0.3, -0.25) is 4.90 Å². The van der Waals surface area contributed by atoms with Crippen LogP contribution >= 0.6 is 0 Å². The van der Waals surface area contributed by atoms with Gasteiger partial charge < -0.3 is 19.9 Å². The number of para-hydroxylation sites is 1. The van der Waals surface area contributed by atoms with Gasteiger partial charge in [-0.1, -0.05) is 18.2 Å². The second-order valence-corrected chi connectivity index (χ2v) is 7.23. The molecule has 0 bridgehead atoms. The molecule has 0 radical (unpaired) electrons. The number of fused-ring (bicyclic) bond motifs is 1. The van der Waals surface area contributed by atoms with E-state index in [0.717, 1.165) is 23.5 Å². The average Bonchev–Trinajstić information content (AvgIpc) is 3.07. The molecule has 0 aliphatic carbocycles. The maximum atomic E-state index is 13.0. The van der Waals surface area contributed by atoms with Crippen LogP contribution in [-0.2, 0) is 11.3 Å². The Morgan fingerprint density at radius 3 is 2.61 bits per heavy atom. The second kappa shape index (κ2) is 7.42. The number of hydrogen-bond acceptors (Lipinski definition) is 4. The Bertz CT molecular complexity index is 883. The third kappa shape index (κ3) is 3.47. The van der Waals surface area contributed by atoms with Crippen molar-refractivity contribution in [2.24, 2.45) is 0 Å². The number of urea groups is 1. The van der Waals surface area contributed by atoms with Crippen LogP contribution in [0.25, 0.3) is 0 Å². The van der Waals surface area contributed by atoms with E-state index < -0.39 is 0 Å². The van der Waals surface area contributed by atoms with Gasteiger partial charge in [0, 0.05) is 43.2 Å². The molecule has 7 nitrogen and oxygen atoms in total. The lowest BCUT2D eigenvalue weighted by atomic mass is 10.1. The lowest BCUT2D eigenvalue weighted by Crippen LogP contribution is -2.44. The normalized spacial score (nSPS) is 19.1. The number of amides is 3. The third-order valence-electron chi connectivity index (χ3n) is 5.27. The minimum absolute atomic E-state index is 0.0658. The van der Waals surface area contributed by atoms with Gasteiger partial charge >= 0.3 is 12.1 Å². The molecular weight excluding hydrogens is 356 g/mol. The maximum absolute atomic E-state index is 13.0. The highest BCUT2D eigenvalue weighted by atomic mass is 16.6. The van der Waals surface area contributed by atoms with Crippen LogP contribution < -0.4 is 15.1 Å². The molecule has 1 fully saturated rings. The lowest BCUT2D eigenvalue weighted by Gasteiger charge is -2.28. The first-order valence-corrected chi connectivity index (χ1v) is 9.44. The first-order valence-electron chi connectivity index (χ1n) is 9.44. The summed E-state index contributed by atoms with van der Waals surface area (Å²) in [5.74, 6) is 0. The third-order valence-corrected chi connectivity index (χ3v) is 5.27. The monoisotopic (exact) mass is 380 g/mol. The van der Waals surface area contributed by atoms with Crippen molar-refractivity contribution in [1.82, 2.24) is 4.90 Å². The summed E-state index contributed by atoms with van der Waals surface area (Å²) in [6.07, 6.45) is -0.335. The Labute approximate surface area is 164 Å². The fourth-order valence-corrected chi connectivity index (χ4v) is 3.77. The highest BCUT2D eigenvalue weighted by Crippen LogP contribution is 2.27. The van der Waals surface area contributed by atoms with Crippen LogP contribution in [0.3, 0.4) is 0 Å². The molecule has 0 saturated carbocycles. The van der Waals surface area contributed by atoms with Crippen LogP contribution in [0.4, 0.5) is 26.7 Å². The van der Waals surface area contributed by atoms with E-state index in [1.807, 2.05) is 29.2 Å². The van der Waals surface area contributed by atoms with Crippen molar-refractivity contribution >= 4 is 29.2 Å². The molecule has 1 unspecified atom stereocenters. The number of carbonyl (C=O) groups is 2. The molecule has 1 atom stereocenters. The van der Waals surface area contributed by atoms with Gasteiger partial charge in [0.05, 0.1) is 6.54 Å². The Morgan fingerprint density at radius 1 is 1.14 bits per heavy atom. The van der Waals surface area contributed by atoms with E-state index in [0.29, 0.717) is 25.4 Å². The highest BCUT2D eigenvalue weighted by molar-refractivity contribution is 5.92. The molecule has 146 valence electrons. The van der Waals surface area contributed by atoms with E-state index in [1.165, 1.54) is 0 Å². The van der Waals surface area contributed by atoms with Crippen molar-refractivity contribution in [3.05, 3.63) is 54.1 Å². The van der Waals surface area contributed by atoms with Gasteiger partial charge in [0.1, 0.15) is 6.61 Å². The first-order chi connectivity index (χ1) is 13.5. The molecule has 3 amide bonds. The number of ether oxygens (including phenoxy) is 1. The van der Waals surface area contributed by atoms with Gasteiger partial charge in [-0.25, -0.2) is 9.59 Å². The molecule has 2 heterocycles. The van der Waals surface area contributed by atoms with Gasteiger partial charge in [-0.2, -0.15) is 0 Å². The summed E-state index contributed by atoms with van der Waals surface area (Å²) in [6.45, 7) is 4.33. The standard InChI is InChI=1S/C21H24N4O3/c1-15-13-23(2)19-6-4-3-5-16(19)14-25(15)20(26)22-17-7-9-18(10-8-17)24-11-12-28-21(24)27/h3-10,15H,11-14H2,1-2H3,(H,22,26). The van der Waals surface area contributed by atoms with E-state index in [4.69, 9.17) is 4.74 Å². The molecule has 2 aliphatic rings. The minimum atomic E-state index is -0.335. The molecule has 2 aromatic rings.